The molecule has 6 heteroatoms. The molecule has 0 bridgehead atoms. The smallest absolute Gasteiger partial charge is 0.187 e. The molecule has 0 atom stereocenters. The summed E-state index contributed by atoms with van der Waals surface area (Å²) in [6.45, 7) is 1.02. The minimum Gasteiger partial charge on any atom is -0.490 e. The van der Waals surface area contributed by atoms with Crippen molar-refractivity contribution in [3.63, 3.8) is 0 Å². The molecule has 0 amide bonds. The topological polar surface area (TPSA) is 18.5 Å². The van der Waals surface area contributed by atoms with Crippen LogP contribution < -0.4 is 9.47 Å². The Morgan fingerprint density at radius 3 is 1.75 bits per heavy atom. The lowest BCUT2D eigenvalue weighted by Gasteiger charge is -2.12. The minimum atomic E-state index is -0.0709. The van der Waals surface area contributed by atoms with E-state index in [0.717, 1.165) is 18.6 Å². The van der Waals surface area contributed by atoms with E-state index in [1.54, 1.807) is 0 Å². The molecule has 0 radical (unpaired) electrons. The molecule has 4 aromatic carbocycles. The van der Waals surface area contributed by atoms with Gasteiger partial charge >= 0.3 is 0 Å². The van der Waals surface area contributed by atoms with Crippen molar-refractivity contribution in [2.45, 2.75) is 0 Å². The van der Waals surface area contributed by atoms with E-state index in [2.05, 4.69) is 153 Å². The highest BCUT2D eigenvalue weighted by molar-refractivity contribution is 14.1. The fourth-order valence-corrected chi connectivity index (χ4v) is 10.0. The number of fused-ring (bicyclic) bond motifs is 3. The molecular formula is C26H18I3O2S+. The Kier molecular flexibility index (Phi) is 7.10. The van der Waals surface area contributed by atoms with Crippen molar-refractivity contribution < 1.29 is 9.47 Å². The van der Waals surface area contributed by atoms with Gasteiger partial charge in [0.15, 0.2) is 14.3 Å². The van der Waals surface area contributed by atoms with Gasteiger partial charge in [-0.15, -0.1) is 0 Å². The molecule has 0 aliphatic carbocycles. The van der Waals surface area contributed by atoms with Gasteiger partial charge in [-0.2, -0.15) is 0 Å². The Hall–Kier alpha value is -1.11. The maximum Gasteiger partial charge on any atom is 0.187 e. The quantitative estimate of drug-likeness (QED) is 0.0975. The maximum absolute atomic E-state index is 5.99. The molecule has 1 heterocycles. The summed E-state index contributed by atoms with van der Waals surface area (Å²) < 4.78 is 18.2. The van der Waals surface area contributed by atoms with Gasteiger partial charge in [-0.3, -0.25) is 0 Å². The Labute approximate surface area is 230 Å². The average molecular weight is 775 g/mol. The zero-order valence-corrected chi connectivity index (χ0v) is 24.1. The van der Waals surface area contributed by atoms with E-state index in [0.29, 0.717) is 13.2 Å². The van der Waals surface area contributed by atoms with Crippen LogP contribution in [0.2, 0.25) is 0 Å². The second kappa shape index (κ2) is 10.0. The molecule has 5 aromatic rings. The Morgan fingerprint density at radius 1 is 0.625 bits per heavy atom. The number of ether oxygens (including phenoxy) is 2. The van der Waals surface area contributed by atoms with Crippen LogP contribution in [0, 0.1) is 10.7 Å². The van der Waals surface area contributed by atoms with Crippen molar-refractivity contribution in [3.05, 3.63) is 95.6 Å². The highest BCUT2D eigenvalue weighted by Gasteiger charge is 2.22. The first-order chi connectivity index (χ1) is 15.6. The van der Waals surface area contributed by atoms with Crippen LogP contribution in [0.15, 0.2) is 84.9 Å². The summed E-state index contributed by atoms with van der Waals surface area (Å²) in [5.41, 5.74) is 0. The molecule has 0 aliphatic rings. The maximum atomic E-state index is 5.99. The fraction of sp³-hybridized carbons (Fsp3) is 0.0769. The van der Waals surface area contributed by atoms with Gasteiger partial charge in [-0.05, 0) is 116 Å². The van der Waals surface area contributed by atoms with Gasteiger partial charge in [0.1, 0.15) is 24.7 Å². The molecule has 5 rings (SSSR count). The van der Waals surface area contributed by atoms with E-state index in [4.69, 9.17) is 9.47 Å². The molecule has 160 valence electrons. The molecule has 0 spiro atoms. The predicted molar refractivity (Wildman–Crippen MR) is 161 cm³/mol. The lowest BCUT2D eigenvalue weighted by atomic mass is 10.2. The van der Waals surface area contributed by atoms with Gasteiger partial charge < -0.3 is 9.47 Å². The van der Waals surface area contributed by atoms with Crippen LogP contribution in [0.4, 0.5) is 0 Å². The SMILES string of the molecule is Ic1cc(I)c(OCCOc2ccc(-[s+]3c4ccccc4c4ccccc43)cc2)c(I)c1. The third-order valence-electron chi connectivity index (χ3n) is 5.13. The molecule has 0 aliphatic heterocycles. The largest absolute Gasteiger partial charge is 0.490 e. The highest BCUT2D eigenvalue weighted by atomic mass is 127. The van der Waals surface area contributed by atoms with Crippen molar-refractivity contribution in [2.75, 3.05) is 13.2 Å². The standard InChI is InChI=1S/C26H18I3O2S/c27-17-15-22(28)26(23(29)16-17)31-14-13-30-18-9-11-19(12-10-18)32-24-7-3-1-5-20(24)21-6-2-4-8-25(21)32/h1-12,15-16H,13-14H2/q+1. The van der Waals surface area contributed by atoms with E-state index in [1.807, 2.05) is 0 Å². The number of thiophene rings is 1. The Bertz CT molecular complexity index is 1330. The van der Waals surface area contributed by atoms with E-state index >= 15 is 0 Å². The van der Waals surface area contributed by atoms with Gasteiger partial charge in [0.25, 0.3) is 0 Å². The first-order valence-corrected chi connectivity index (χ1v) is 14.5. The number of halogens is 3. The highest BCUT2D eigenvalue weighted by Crippen LogP contribution is 2.48. The van der Waals surface area contributed by atoms with Crippen molar-refractivity contribution in [3.8, 4) is 16.4 Å². The van der Waals surface area contributed by atoms with Gasteiger partial charge in [-0.25, -0.2) is 0 Å². The van der Waals surface area contributed by atoms with Gasteiger partial charge in [0.05, 0.1) is 7.14 Å². The minimum absolute atomic E-state index is 0.0709. The van der Waals surface area contributed by atoms with E-state index in [-0.39, 0.29) is 10.5 Å². The molecule has 0 saturated carbocycles. The van der Waals surface area contributed by atoms with Crippen LogP contribution in [0.5, 0.6) is 11.5 Å². The molecule has 32 heavy (non-hydrogen) atoms. The predicted octanol–water partition coefficient (Wildman–Crippen LogP) is 9.00. The number of hydrogen-bond donors (Lipinski definition) is 0. The number of hydrogen-bond acceptors (Lipinski definition) is 2. The number of benzene rings is 4. The first-order valence-electron chi connectivity index (χ1n) is 10.0. The van der Waals surface area contributed by atoms with Crippen LogP contribution in [-0.4, -0.2) is 13.2 Å². The van der Waals surface area contributed by atoms with Crippen LogP contribution >= 0.6 is 78.2 Å². The molecular weight excluding hydrogens is 757 g/mol. The van der Waals surface area contributed by atoms with Gasteiger partial charge in [0, 0.05) is 36.9 Å². The normalized spacial score (nSPS) is 11.2. The summed E-state index contributed by atoms with van der Waals surface area (Å²) in [5, 5.41) is 2.70. The van der Waals surface area contributed by atoms with E-state index in [1.165, 1.54) is 28.6 Å². The summed E-state index contributed by atoms with van der Waals surface area (Å²) in [5.74, 6) is 1.80. The monoisotopic (exact) mass is 775 g/mol. The van der Waals surface area contributed by atoms with Crippen molar-refractivity contribution >= 4 is 98.4 Å². The zero-order chi connectivity index (χ0) is 22.1. The molecule has 0 N–H and O–H groups in total. The lowest BCUT2D eigenvalue weighted by Crippen LogP contribution is -2.10. The molecule has 0 saturated heterocycles. The van der Waals surface area contributed by atoms with Crippen molar-refractivity contribution in [2.24, 2.45) is 0 Å². The Morgan fingerprint density at radius 2 is 1.16 bits per heavy atom. The lowest BCUT2D eigenvalue weighted by molar-refractivity contribution is 0.215. The van der Waals surface area contributed by atoms with Crippen LogP contribution in [0.1, 0.15) is 0 Å². The second-order valence-corrected chi connectivity index (χ2v) is 12.7. The average Bonchev–Trinajstić information content (AvgIpc) is 3.13. The summed E-state index contributed by atoms with van der Waals surface area (Å²) in [6, 6.07) is 30.3. The first kappa shape index (κ1) is 22.7. The summed E-state index contributed by atoms with van der Waals surface area (Å²) >= 11 is 6.97. The fourth-order valence-electron chi connectivity index (χ4n) is 3.75. The van der Waals surface area contributed by atoms with Crippen LogP contribution in [-0.2, 0) is 0 Å². The molecule has 0 unspecified atom stereocenters. The summed E-state index contributed by atoms with van der Waals surface area (Å²) in [7, 11) is -0.0709. The third kappa shape index (κ3) is 4.60. The van der Waals surface area contributed by atoms with Gasteiger partial charge in [-0.1, -0.05) is 24.3 Å². The molecule has 0 fully saturated rings. The summed E-state index contributed by atoms with van der Waals surface area (Å²) in [4.78, 5) is 1.31. The van der Waals surface area contributed by atoms with E-state index < -0.39 is 0 Å². The van der Waals surface area contributed by atoms with E-state index in [9.17, 15) is 0 Å². The Balaban J connectivity index is 1.31. The zero-order valence-electron chi connectivity index (χ0n) is 16.9. The van der Waals surface area contributed by atoms with Gasteiger partial charge in [0.2, 0.25) is 0 Å². The van der Waals surface area contributed by atoms with Crippen molar-refractivity contribution in [1.82, 2.24) is 0 Å². The summed E-state index contributed by atoms with van der Waals surface area (Å²) in [6.07, 6.45) is 0. The van der Waals surface area contributed by atoms with Crippen molar-refractivity contribution in [1.29, 1.82) is 0 Å². The van der Waals surface area contributed by atoms with Crippen LogP contribution in [0.25, 0.3) is 25.1 Å². The molecule has 2 nitrogen and oxygen atoms in total. The third-order valence-corrected chi connectivity index (χ3v) is 9.69. The second-order valence-electron chi connectivity index (χ2n) is 7.17. The molecule has 1 aromatic heterocycles. The number of rotatable bonds is 6. The van der Waals surface area contributed by atoms with Crippen LogP contribution in [0.3, 0.4) is 0 Å².